The molecule has 220 valence electrons. The lowest BCUT2D eigenvalue weighted by molar-refractivity contribution is -0.139. The molecule has 2 aliphatic heterocycles. The maximum Gasteiger partial charge on any atom is 0.327 e. The molecule has 0 saturated carbocycles. The van der Waals surface area contributed by atoms with Crippen LogP contribution in [0.5, 0.6) is 0 Å². The number of fused-ring (bicyclic) bond motifs is 2. The summed E-state index contributed by atoms with van der Waals surface area (Å²) in [5.74, 6) is -2.42. The average molecular weight is 617 g/mol. The van der Waals surface area contributed by atoms with Crippen molar-refractivity contribution < 1.29 is 34.1 Å². The van der Waals surface area contributed by atoms with Crippen LogP contribution in [0.4, 0.5) is 0 Å². The number of nitriles is 1. The number of halogens is 2. The van der Waals surface area contributed by atoms with Gasteiger partial charge in [-0.2, -0.15) is 15.4 Å². The van der Waals surface area contributed by atoms with Crippen molar-refractivity contribution in [3.05, 3.63) is 68.9 Å². The van der Waals surface area contributed by atoms with Gasteiger partial charge in [-0.3, -0.25) is 9.59 Å². The molecule has 2 aliphatic rings. The average Bonchev–Trinajstić information content (AvgIpc) is 3.57. The van der Waals surface area contributed by atoms with Crippen LogP contribution in [-0.4, -0.2) is 92.6 Å². The summed E-state index contributed by atoms with van der Waals surface area (Å²) in [6.07, 6.45) is 1.55. The molecule has 15 heteroatoms. The van der Waals surface area contributed by atoms with Crippen LogP contribution in [0.3, 0.4) is 0 Å². The van der Waals surface area contributed by atoms with Gasteiger partial charge in [0.25, 0.3) is 11.8 Å². The van der Waals surface area contributed by atoms with Gasteiger partial charge in [0.15, 0.2) is 0 Å². The molecular weight excluding hydrogens is 591 g/mol. The van der Waals surface area contributed by atoms with Gasteiger partial charge in [-0.1, -0.05) is 29.3 Å². The maximum atomic E-state index is 13.2. The lowest BCUT2D eigenvalue weighted by Gasteiger charge is -2.30. The lowest BCUT2D eigenvalue weighted by Crippen LogP contribution is -2.54. The highest BCUT2D eigenvalue weighted by Crippen LogP contribution is 2.35. The monoisotopic (exact) mass is 616 g/mol. The van der Waals surface area contributed by atoms with Gasteiger partial charge in [0.1, 0.15) is 11.6 Å². The van der Waals surface area contributed by atoms with Gasteiger partial charge in [-0.05, 0) is 41.8 Å². The summed E-state index contributed by atoms with van der Waals surface area (Å²) in [4.78, 5) is 39.9. The first kappa shape index (κ1) is 29.6. The summed E-state index contributed by atoms with van der Waals surface area (Å²) in [5.41, 5.74) is 4.84. The van der Waals surface area contributed by atoms with Crippen LogP contribution in [0.25, 0.3) is 11.0 Å². The fourth-order valence-corrected chi connectivity index (χ4v) is 5.79. The van der Waals surface area contributed by atoms with Crippen LogP contribution >= 0.6 is 23.2 Å². The number of hydrogen-bond acceptors (Lipinski definition) is 10. The molecule has 0 bridgehead atoms. The highest BCUT2D eigenvalue weighted by molar-refractivity contribution is 6.40. The fraction of sp³-hybridized carbons (Fsp3) is 0.333. The molecule has 1 fully saturated rings. The highest BCUT2D eigenvalue weighted by Gasteiger charge is 2.34. The van der Waals surface area contributed by atoms with Crippen LogP contribution < -0.4 is 10.7 Å². The number of aliphatic hydroxyl groups excluding tert-OH is 2. The van der Waals surface area contributed by atoms with Gasteiger partial charge in [-0.25, -0.2) is 10.2 Å². The largest absolute Gasteiger partial charge is 0.480 e. The molecule has 0 aliphatic carbocycles. The van der Waals surface area contributed by atoms with Crippen molar-refractivity contribution in [3.8, 4) is 6.19 Å². The Kier molecular flexibility index (Phi) is 8.55. The number of aliphatic hydroxyl groups is 2. The number of rotatable bonds is 8. The zero-order valence-corrected chi connectivity index (χ0v) is 23.5. The third-order valence-corrected chi connectivity index (χ3v) is 8.00. The van der Waals surface area contributed by atoms with Crippen molar-refractivity contribution in [3.63, 3.8) is 0 Å². The molecular formula is C27H26Cl2N6O7. The van der Waals surface area contributed by atoms with Crippen molar-refractivity contribution >= 4 is 52.0 Å². The van der Waals surface area contributed by atoms with Crippen LogP contribution in [0.1, 0.15) is 31.8 Å². The van der Waals surface area contributed by atoms with Crippen molar-refractivity contribution in [2.75, 3.05) is 26.2 Å². The Morgan fingerprint density at radius 1 is 1.17 bits per heavy atom. The van der Waals surface area contributed by atoms with Crippen LogP contribution in [-0.2, 0) is 17.8 Å². The lowest BCUT2D eigenvalue weighted by atomic mass is 9.96. The van der Waals surface area contributed by atoms with Crippen LogP contribution in [0, 0.1) is 11.5 Å². The molecule has 0 unspecified atom stereocenters. The quantitative estimate of drug-likeness (QED) is 0.140. The molecule has 0 radical (unpaired) electrons. The summed E-state index contributed by atoms with van der Waals surface area (Å²) < 4.78 is 5.40. The van der Waals surface area contributed by atoms with E-state index in [1.165, 1.54) is 5.01 Å². The number of hydrazine groups is 2. The van der Waals surface area contributed by atoms with Gasteiger partial charge >= 0.3 is 5.97 Å². The Labute approximate surface area is 249 Å². The van der Waals surface area contributed by atoms with Crippen molar-refractivity contribution in [2.45, 2.75) is 31.2 Å². The predicted molar refractivity (Wildman–Crippen MR) is 149 cm³/mol. The van der Waals surface area contributed by atoms with E-state index in [-0.39, 0.29) is 41.2 Å². The molecule has 3 atom stereocenters. The molecule has 0 spiro atoms. The van der Waals surface area contributed by atoms with Gasteiger partial charge in [0.2, 0.25) is 6.19 Å². The molecule has 2 amide bonds. The van der Waals surface area contributed by atoms with E-state index in [2.05, 4.69) is 10.7 Å². The van der Waals surface area contributed by atoms with Gasteiger partial charge in [0, 0.05) is 43.7 Å². The number of carboxylic acid groups (broad SMARTS) is 1. The minimum absolute atomic E-state index is 0.0154. The van der Waals surface area contributed by atoms with E-state index in [4.69, 9.17) is 27.6 Å². The summed E-state index contributed by atoms with van der Waals surface area (Å²) in [6.45, 7) is 0.0361. The molecule has 1 aromatic heterocycles. The molecule has 42 heavy (non-hydrogen) atoms. The first-order valence-electron chi connectivity index (χ1n) is 12.9. The summed E-state index contributed by atoms with van der Waals surface area (Å²) >= 11 is 13.1. The minimum atomic E-state index is -1.49. The second kappa shape index (κ2) is 12.1. The maximum absolute atomic E-state index is 13.2. The molecule has 1 saturated heterocycles. The highest BCUT2D eigenvalue weighted by atomic mass is 35.5. The SMILES string of the molecule is N#CN(NC[C@H](NC(=O)c1c(Cl)cc2c(c1Cl)CCN(C(=O)c1ccc3ccoc3c1)C2)C(=O)O)N1C[C@@H](O)[C@H](O)C1. The zero-order chi connectivity index (χ0) is 30.1. The minimum Gasteiger partial charge on any atom is -0.480 e. The first-order valence-corrected chi connectivity index (χ1v) is 13.7. The molecule has 3 heterocycles. The molecule has 13 nitrogen and oxygen atoms in total. The fourth-order valence-electron chi connectivity index (χ4n) is 5.02. The van der Waals surface area contributed by atoms with E-state index in [0.29, 0.717) is 35.2 Å². The Morgan fingerprint density at radius 2 is 1.90 bits per heavy atom. The standard InChI is InChI=1S/C27H26Cl2N6O7/c28-18-7-16-10-33(26(39)15-2-1-14-4-6-42-22(14)8-15)5-3-17(16)24(29)23(18)25(38)32-19(27(40)41)9-31-35(13-30)34-11-20(36)21(37)12-34/h1-2,4,6-8,19-21,31,36-37H,3,5,9-12H2,(H,32,38)(H,40,41)/t19-,20+,21+/m0/s1. The topological polar surface area (TPSA) is 183 Å². The van der Waals surface area contributed by atoms with Gasteiger partial charge < -0.3 is 30.0 Å². The smallest absolute Gasteiger partial charge is 0.327 e. The molecule has 5 N–H and O–H groups in total. The predicted octanol–water partition coefficient (Wildman–Crippen LogP) is 1.36. The van der Waals surface area contributed by atoms with E-state index >= 15 is 0 Å². The van der Waals surface area contributed by atoms with Crippen LogP contribution in [0.2, 0.25) is 10.0 Å². The summed E-state index contributed by atoms with van der Waals surface area (Å²) in [5, 5.41) is 44.1. The first-order chi connectivity index (χ1) is 20.1. The van der Waals surface area contributed by atoms with Crippen molar-refractivity contribution in [1.29, 1.82) is 5.26 Å². The van der Waals surface area contributed by atoms with E-state index in [1.54, 1.807) is 41.6 Å². The Morgan fingerprint density at radius 3 is 2.60 bits per heavy atom. The molecule has 5 rings (SSSR count). The number of carbonyl (C=O) groups is 3. The van der Waals surface area contributed by atoms with E-state index in [0.717, 1.165) is 10.5 Å². The van der Waals surface area contributed by atoms with E-state index < -0.39 is 36.7 Å². The number of benzene rings is 2. The normalized spacial score (nSPS) is 19.3. The van der Waals surface area contributed by atoms with Gasteiger partial charge in [0.05, 0.1) is 34.1 Å². The Hall–Kier alpha value is -3.90. The van der Waals surface area contributed by atoms with Crippen molar-refractivity contribution in [1.82, 2.24) is 25.8 Å². The van der Waals surface area contributed by atoms with E-state index in [1.807, 2.05) is 6.07 Å². The second-order valence-corrected chi connectivity index (χ2v) is 10.8. The Bertz CT molecular complexity index is 1580. The third-order valence-electron chi connectivity index (χ3n) is 7.29. The Balaban J connectivity index is 1.27. The molecule has 2 aromatic carbocycles. The number of amides is 2. The van der Waals surface area contributed by atoms with Crippen molar-refractivity contribution in [2.24, 2.45) is 0 Å². The molecule has 3 aromatic rings. The summed E-state index contributed by atoms with van der Waals surface area (Å²) in [7, 11) is 0. The number of aliphatic carboxylic acids is 1. The van der Waals surface area contributed by atoms with E-state index in [9.17, 15) is 35.0 Å². The number of nitrogens with zero attached hydrogens (tertiary/aromatic N) is 4. The summed E-state index contributed by atoms with van der Waals surface area (Å²) in [6, 6.07) is 7.08. The third kappa shape index (κ3) is 5.86. The zero-order valence-electron chi connectivity index (χ0n) is 22.0. The van der Waals surface area contributed by atoms with Gasteiger partial charge in [-0.15, -0.1) is 0 Å². The number of nitrogens with one attached hydrogen (secondary N) is 2. The number of furan rings is 1. The van der Waals surface area contributed by atoms with Crippen LogP contribution in [0.15, 0.2) is 41.0 Å². The number of hydrogen-bond donors (Lipinski definition) is 5. The number of β-amino-alcohol motifs (C(OH)–C–C–N with tert-alkyl or cyclic N) is 2. The number of carboxylic acids is 1. The number of carbonyl (C=O) groups excluding carboxylic acids is 2. The second-order valence-electron chi connectivity index (χ2n) is 9.98.